The summed E-state index contributed by atoms with van der Waals surface area (Å²) in [5, 5.41) is 3.77. The van der Waals surface area contributed by atoms with Crippen LogP contribution in [-0.4, -0.2) is 36.6 Å². The van der Waals surface area contributed by atoms with E-state index >= 15 is 0 Å². The standard InChI is InChI=1S/C15H30N2/c1-4-9-16-15(14-7-8-14)11-17-10-12(2)5-6-13(17)3/h12-16H,4-11H2,1-3H3. The molecule has 100 valence electrons. The topological polar surface area (TPSA) is 15.3 Å². The van der Waals surface area contributed by atoms with E-state index in [4.69, 9.17) is 0 Å². The van der Waals surface area contributed by atoms with Crippen molar-refractivity contribution in [2.45, 2.75) is 65.0 Å². The zero-order valence-electron chi connectivity index (χ0n) is 11.9. The Morgan fingerprint density at radius 2 is 1.94 bits per heavy atom. The highest BCUT2D eigenvalue weighted by molar-refractivity contribution is 4.90. The summed E-state index contributed by atoms with van der Waals surface area (Å²) in [5.74, 6) is 1.88. The fourth-order valence-electron chi connectivity index (χ4n) is 3.10. The number of piperidine rings is 1. The van der Waals surface area contributed by atoms with Gasteiger partial charge in [0.1, 0.15) is 0 Å². The van der Waals surface area contributed by atoms with Gasteiger partial charge in [-0.05, 0) is 57.4 Å². The van der Waals surface area contributed by atoms with E-state index < -0.39 is 0 Å². The van der Waals surface area contributed by atoms with E-state index in [1.165, 1.54) is 51.7 Å². The number of hydrogen-bond acceptors (Lipinski definition) is 2. The lowest BCUT2D eigenvalue weighted by atomic mass is 9.94. The minimum Gasteiger partial charge on any atom is -0.312 e. The minimum absolute atomic E-state index is 0.766. The molecule has 0 radical (unpaired) electrons. The van der Waals surface area contributed by atoms with Crippen molar-refractivity contribution in [2.75, 3.05) is 19.6 Å². The van der Waals surface area contributed by atoms with Gasteiger partial charge in [0.2, 0.25) is 0 Å². The van der Waals surface area contributed by atoms with Crippen molar-refractivity contribution < 1.29 is 0 Å². The zero-order chi connectivity index (χ0) is 12.3. The zero-order valence-corrected chi connectivity index (χ0v) is 11.9. The summed E-state index contributed by atoms with van der Waals surface area (Å²) in [6, 6.07) is 1.57. The van der Waals surface area contributed by atoms with Gasteiger partial charge < -0.3 is 5.32 Å². The van der Waals surface area contributed by atoms with Crippen LogP contribution in [0, 0.1) is 11.8 Å². The molecule has 2 rings (SSSR count). The third kappa shape index (κ3) is 3.96. The van der Waals surface area contributed by atoms with Crippen LogP contribution in [0.3, 0.4) is 0 Å². The lowest BCUT2D eigenvalue weighted by molar-refractivity contribution is 0.108. The second kappa shape index (κ2) is 6.19. The summed E-state index contributed by atoms with van der Waals surface area (Å²) in [4.78, 5) is 2.74. The van der Waals surface area contributed by atoms with Crippen LogP contribution >= 0.6 is 0 Å². The lowest BCUT2D eigenvalue weighted by Gasteiger charge is -2.39. The minimum atomic E-state index is 0.766. The highest BCUT2D eigenvalue weighted by atomic mass is 15.2. The Morgan fingerprint density at radius 1 is 1.18 bits per heavy atom. The van der Waals surface area contributed by atoms with Crippen LogP contribution in [0.5, 0.6) is 0 Å². The first-order valence-corrected chi connectivity index (χ1v) is 7.68. The maximum atomic E-state index is 3.77. The lowest BCUT2D eigenvalue weighted by Crippen LogP contribution is -2.49. The molecule has 0 aromatic carbocycles. The molecule has 1 heterocycles. The van der Waals surface area contributed by atoms with Gasteiger partial charge in [-0.15, -0.1) is 0 Å². The SMILES string of the molecule is CCCNC(CN1CC(C)CCC1C)C1CC1. The largest absolute Gasteiger partial charge is 0.312 e. The van der Waals surface area contributed by atoms with Crippen molar-refractivity contribution in [1.29, 1.82) is 0 Å². The van der Waals surface area contributed by atoms with Crippen LogP contribution < -0.4 is 5.32 Å². The maximum absolute atomic E-state index is 3.77. The van der Waals surface area contributed by atoms with Gasteiger partial charge in [-0.2, -0.15) is 0 Å². The van der Waals surface area contributed by atoms with Gasteiger partial charge in [0.25, 0.3) is 0 Å². The molecule has 17 heavy (non-hydrogen) atoms. The van der Waals surface area contributed by atoms with E-state index in [1.54, 1.807) is 0 Å². The molecule has 1 aliphatic carbocycles. The quantitative estimate of drug-likeness (QED) is 0.765. The Morgan fingerprint density at radius 3 is 2.59 bits per heavy atom. The molecule has 1 aliphatic heterocycles. The summed E-state index contributed by atoms with van der Waals surface area (Å²) in [5.41, 5.74) is 0. The second-order valence-electron chi connectivity index (χ2n) is 6.38. The van der Waals surface area contributed by atoms with Crippen molar-refractivity contribution in [3.8, 4) is 0 Å². The number of rotatable bonds is 6. The highest BCUT2D eigenvalue weighted by Crippen LogP contribution is 2.34. The molecule has 0 aromatic rings. The van der Waals surface area contributed by atoms with E-state index in [1.807, 2.05) is 0 Å². The first-order valence-electron chi connectivity index (χ1n) is 7.68. The van der Waals surface area contributed by atoms with Crippen LogP contribution in [0.25, 0.3) is 0 Å². The van der Waals surface area contributed by atoms with Crippen molar-refractivity contribution >= 4 is 0 Å². The molecule has 2 fully saturated rings. The van der Waals surface area contributed by atoms with Crippen molar-refractivity contribution in [3.63, 3.8) is 0 Å². The second-order valence-corrected chi connectivity index (χ2v) is 6.38. The van der Waals surface area contributed by atoms with Crippen molar-refractivity contribution in [1.82, 2.24) is 10.2 Å². The number of hydrogen-bond donors (Lipinski definition) is 1. The van der Waals surface area contributed by atoms with Gasteiger partial charge in [-0.1, -0.05) is 13.8 Å². The Balaban J connectivity index is 1.82. The normalized spacial score (nSPS) is 32.6. The van der Waals surface area contributed by atoms with E-state index in [-0.39, 0.29) is 0 Å². The molecule has 3 unspecified atom stereocenters. The van der Waals surface area contributed by atoms with Gasteiger partial charge in [0.05, 0.1) is 0 Å². The molecule has 1 saturated heterocycles. The third-order valence-electron chi connectivity index (χ3n) is 4.53. The monoisotopic (exact) mass is 238 g/mol. The summed E-state index contributed by atoms with van der Waals surface area (Å²) < 4.78 is 0. The molecule has 3 atom stereocenters. The summed E-state index contributed by atoms with van der Waals surface area (Å²) in [7, 11) is 0. The van der Waals surface area contributed by atoms with Crippen LogP contribution in [0.4, 0.5) is 0 Å². The van der Waals surface area contributed by atoms with Crippen molar-refractivity contribution in [2.24, 2.45) is 11.8 Å². The van der Waals surface area contributed by atoms with E-state index in [0.717, 1.165) is 23.9 Å². The Bertz CT molecular complexity index is 225. The molecule has 2 heteroatoms. The van der Waals surface area contributed by atoms with Gasteiger partial charge in [0.15, 0.2) is 0 Å². The molecule has 0 bridgehead atoms. The predicted molar refractivity (Wildman–Crippen MR) is 74.2 cm³/mol. The number of likely N-dealkylation sites (tertiary alicyclic amines) is 1. The Kier molecular flexibility index (Phi) is 4.87. The maximum Gasteiger partial charge on any atom is 0.0223 e. The Hall–Kier alpha value is -0.0800. The molecular weight excluding hydrogens is 208 g/mol. The first kappa shape index (κ1) is 13.4. The summed E-state index contributed by atoms with van der Waals surface area (Å²) >= 11 is 0. The predicted octanol–water partition coefficient (Wildman–Crippen LogP) is 2.89. The molecule has 0 spiro atoms. The van der Waals surface area contributed by atoms with Crippen LogP contribution in [0.1, 0.15) is 52.9 Å². The van der Waals surface area contributed by atoms with Gasteiger partial charge in [-0.3, -0.25) is 4.90 Å². The third-order valence-corrected chi connectivity index (χ3v) is 4.53. The molecular formula is C15H30N2. The van der Waals surface area contributed by atoms with E-state index in [2.05, 4.69) is 31.0 Å². The molecule has 0 aromatic heterocycles. The molecule has 2 nitrogen and oxygen atoms in total. The van der Waals surface area contributed by atoms with E-state index in [0.29, 0.717) is 0 Å². The first-order chi connectivity index (χ1) is 8.20. The average molecular weight is 238 g/mol. The van der Waals surface area contributed by atoms with Gasteiger partial charge in [0, 0.05) is 25.2 Å². The molecule has 1 N–H and O–H groups in total. The van der Waals surface area contributed by atoms with Crippen molar-refractivity contribution in [3.05, 3.63) is 0 Å². The number of nitrogens with one attached hydrogen (secondary N) is 1. The average Bonchev–Trinajstić information content (AvgIpc) is 3.13. The molecule has 1 saturated carbocycles. The Labute approximate surface area is 107 Å². The smallest absolute Gasteiger partial charge is 0.0223 e. The molecule has 0 amide bonds. The summed E-state index contributed by atoms with van der Waals surface area (Å²) in [6.07, 6.45) is 6.99. The van der Waals surface area contributed by atoms with Crippen LogP contribution in [0.15, 0.2) is 0 Å². The molecule has 2 aliphatic rings. The fraction of sp³-hybridized carbons (Fsp3) is 1.00. The summed E-state index contributed by atoms with van der Waals surface area (Å²) in [6.45, 7) is 10.9. The van der Waals surface area contributed by atoms with Gasteiger partial charge >= 0.3 is 0 Å². The highest BCUT2D eigenvalue weighted by Gasteiger charge is 2.33. The number of nitrogens with zero attached hydrogens (tertiary/aromatic N) is 1. The van der Waals surface area contributed by atoms with Gasteiger partial charge in [-0.25, -0.2) is 0 Å². The fourth-order valence-corrected chi connectivity index (χ4v) is 3.10. The van der Waals surface area contributed by atoms with Crippen LogP contribution in [-0.2, 0) is 0 Å². The van der Waals surface area contributed by atoms with Crippen LogP contribution in [0.2, 0.25) is 0 Å². The van der Waals surface area contributed by atoms with E-state index in [9.17, 15) is 0 Å².